The number of rotatable bonds is 5. The number of carbonyl (C=O) groups excluding carboxylic acids is 1. The number of ketones is 1. The Bertz CT molecular complexity index is 737. The lowest BCUT2D eigenvalue weighted by Gasteiger charge is -2.08. The highest BCUT2D eigenvalue weighted by atomic mass is 16.5. The molecule has 0 aliphatic heterocycles. The van der Waals surface area contributed by atoms with Crippen LogP contribution in [0.4, 0.5) is 0 Å². The largest absolute Gasteiger partial charge is 0.508 e. The third kappa shape index (κ3) is 3.26. The number of aromatic carboxylic acids is 1. The predicted octanol–water partition coefficient (Wildman–Crippen LogP) is 1.76. The quantitative estimate of drug-likeness (QED) is 0.620. The van der Waals surface area contributed by atoms with Crippen LogP contribution >= 0.6 is 0 Å². The summed E-state index contributed by atoms with van der Waals surface area (Å²) >= 11 is 0. The highest BCUT2D eigenvalue weighted by Gasteiger charge is 2.14. The van der Waals surface area contributed by atoms with Crippen LogP contribution in [0.2, 0.25) is 0 Å². The summed E-state index contributed by atoms with van der Waals surface area (Å²) in [5, 5.41) is 37.0. The summed E-state index contributed by atoms with van der Waals surface area (Å²) in [6, 6.07) is 7.05. The number of hydrogen-bond donors (Lipinski definition) is 4. The summed E-state index contributed by atoms with van der Waals surface area (Å²) in [6.07, 6.45) is 0. The zero-order valence-electron chi connectivity index (χ0n) is 11.2. The molecule has 22 heavy (non-hydrogen) atoms. The van der Waals surface area contributed by atoms with Crippen molar-refractivity contribution in [3.63, 3.8) is 0 Å². The van der Waals surface area contributed by atoms with Gasteiger partial charge in [0.1, 0.15) is 28.6 Å². The molecule has 0 saturated heterocycles. The van der Waals surface area contributed by atoms with Crippen molar-refractivity contribution in [3.8, 4) is 23.0 Å². The van der Waals surface area contributed by atoms with E-state index >= 15 is 0 Å². The number of phenols is 3. The lowest BCUT2D eigenvalue weighted by Crippen LogP contribution is -2.12. The number of ether oxygens (including phenoxy) is 1. The van der Waals surface area contributed by atoms with Crippen LogP contribution in [-0.4, -0.2) is 38.8 Å². The zero-order valence-corrected chi connectivity index (χ0v) is 11.2. The average molecular weight is 304 g/mol. The molecule has 7 nitrogen and oxygen atoms in total. The van der Waals surface area contributed by atoms with E-state index in [0.29, 0.717) is 0 Å². The lowest BCUT2D eigenvalue weighted by atomic mass is 10.1. The van der Waals surface area contributed by atoms with Gasteiger partial charge in [0, 0.05) is 12.1 Å². The number of carboxylic acids is 1. The maximum Gasteiger partial charge on any atom is 0.339 e. The van der Waals surface area contributed by atoms with E-state index in [-0.39, 0.29) is 28.4 Å². The average Bonchev–Trinajstić information content (AvgIpc) is 2.44. The Morgan fingerprint density at radius 3 is 2.14 bits per heavy atom. The van der Waals surface area contributed by atoms with Crippen LogP contribution in [0.25, 0.3) is 0 Å². The maximum atomic E-state index is 11.9. The van der Waals surface area contributed by atoms with Gasteiger partial charge >= 0.3 is 5.97 Å². The Morgan fingerprint density at radius 1 is 0.909 bits per heavy atom. The molecule has 0 atom stereocenters. The number of carbonyl (C=O) groups is 2. The molecule has 2 aromatic carbocycles. The molecular weight excluding hydrogens is 292 g/mol. The van der Waals surface area contributed by atoms with E-state index in [9.17, 15) is 19.8 Å². The summed E-state index contributed by atoms with van der Waals surface area (Å²) in [5.41, 5.74) is -0.306. The minimum absolute atomic E-state index is 0.0239. The molecule has 0 aliphatic rings. The van der Waals surface area contributed by atoms with Crippen molar-refractivity contribution in [3.05, 3.63) is 47.5 Å². The second-order valence-corrected chi connectivity index (χ2v) is 4.40. The van der Waals surface area contributed by atoms with E-state index < -0.39 is 24.1 Å². The van der Waals surface area contributed by atoms with Gasteiger partial charge in [0.05, 0.1) is 5.56 Å². The van der Waals surface area contributed by atoms with E-state index in [0.717, 1.165) is 18.2 Å². The Balaban J connectivity index is 2.08. The first kappa shape index (κ1) is 15.2. The first-order chi connectivity index (χ1) is 10.4. The van der Waals surface area contributed by atoms with Gasteiger partial charge in [-0.1, -0.05) is 0 Å². The molecule has 2 aromatic rings. The first-order valence-corrected chi connectivity index (χ1v) is 6.13. The molecule has 0 bridgehead atoms. The number of hydrogen-bond acceptors (Lipinski definition) is 6. The first-order valence-electron chi connectivity index (χ1n) is 6.13. The smallest absolute Gasteiger partial charge is 0.339 e. The van der Waals surface area contributed by atoms with Crippen LogP contribution in [0.5, 0.6) is 23.0 Å². The van der Waals surface area contributed by atoms with Crippen molar-refractivity contribution < 1.29 is 34.8 Å². The molecule has 114 valence electrons. The molecule has 0 spiro atoms. The van der Waals surface area contributed by atoms with Crippen LogP contribution in [0, 0.1) is 0 Å². The number of benzene rings is 2. The van der Waals surface area contributed by atoms with E-state index in [4.69, 9.17) is 14.9 Å². The zero-order chi connectivity index (χ0) is 16.3. The summed E-state index contributed by atoms with van der Waals surface area (Å²) in [5.74, 6) is -2.76. The van der Waals surface area contributed by atoms with Gasteiger partial charge < -0.3 is 25.2 Å². The van der Waals surface area contributed by atoms with Gasteiger partial charge in [-0.05, 0) is 24.3 Å². The summed E-state index contributed by atoms with van der Waals surface area (Å²) in [4.78, 5) is 22.6. The van der Waals surface area contributed by atoms with Crippen LogP contribution in [-0.2, 0) is 0 Å². The van der Waals surface area contributed by atoms with Crippen LogP contribution in [0.3, 0.4) is 0 Å². The normalized spacial score (nSPS) is 10.2. The highest BCUT2D eigenvalue weighted by molar-refractivity contribution is 5.99. The molecule has 0 amide bonds. The molecule has 7 heteroatoms. The Labute approximate surface area is 124 Å². The SMILES string of the molecule is O=C(O)c1ccc(OCC(=O)c2ccc(O)cc2O)cc1O. The standard InChI is InChI=1S/C15H12O7/c16-8-1-3-10(12(17)5-8)14(19)7-22-9-2-4-11(15(20)21)13(18)6-9/h1-6,16-18H,7H2,(H,20,21). The van der Waals surface area contributed by atoms with E-state index in [2.05, 4.69) is 0 Å². The van der Waals surface area contributed by atoms with E-state index in [1.807, 2.05) is 0 Å². The molecule has 4 N–H and O–H groups in total. The maximum absolute atomic E-state index is 11.9. The highest BCUT2D eigenvalue weighted by Crippen LogP contribution is 2.25. The van der Waals surface area contributed by atoms with Crippen molar-refractivity contribution in [2.24, 2.45) is 0 Å². The van der Waals surface area contributed by atoms with Crippen LogP contribution < -0.4 is 4.74 Å². The minimum atomic E-state index is -1.28. The fraction of sp³-hybridized carbons (Fsp3) is 0.0667. The third-order valence-electron chi connectivity index (χ3n) is 2.85. The summed E-state index contributed by atoms with van der Waals surface area (Å²) in [6.45, 7) is -0.426. The summed E-state index contributed by atoms with van der Waals surface area (Å²) < 4.78 is 5.15. The van der Waals surface area contributed by atoms with E-state index in [1.54, 1.807) is 0 Å². The topological polar surface area (TPSA) is 124 Å². The fourth-order valence-electron chi connectivity index (χ4n) is 1.76. The predicted molar refractivity (Wildman–Crippen MR) is 74.7 cm³/mol. The van der Waals surface area contributed by atoms with Gasteiger partial charge in [-0.3, -0.25) is 4.79 Å². The van der Waals surface area contributed by atoms with Crippen molar-refractivity contribution >= 4 is 11.8 Å². The summed E-state index contributed by atoms with van der Waals surface area (Å²) in [7, 11) is 0. The van der Waals surface area contributed by atoms with Gasteiger partial charge in [0.2, 0.25) is 5.78 Å². The molecule has 0 saturated carbocycles. The Morgan fingerprint density at radius 2 is 1.55 bits per heavy atom. The number of Topliss-reactive ketones (excluding diaryl/α,β-unsaturated/α-hetero) is 1. The van der Waals surface area contributed by atoms with E-state index in [1.165, 1.54) is 18.2 Å². The van der Waals surface area contributed by atoms with Gasteiger partial charge in [-0.2, -0.15) is 0 Å². The van der Waals surface area contributed by atoms with Gasteiger partial charge in [0.25, 0.3) is 0 Å². The molecule has 0 unspecified atom stereocenters. The van der Waals surface area contributed by atoms with Crippen molar-refractivity contribution in [1.82, 2.24) is 0 Å². The minimum Gasteiger partial charge on any atom is -0.508 e. The van der Waals surface area contributed by atoms with Crippen molar-refractivity contribution in [1.29, 1.82) is 0 Å². The molecule has 0 radical (unpaired) electrons. The fourth-order valence-corrected chi connectivity index (χ4v) is 1.76. The molecule has 0 fully saturated rings. The number of phenolic OH excluding ortho intramolecular Hbond substituents is 2. The molecular formula is C15H12O7. The van der Waals surface area contributed by atoms with Crippen LogP contribution in [0.1, 0.15) is 20.7 Å². The molecule has 0 heterocycles. The molecule has 0 aliphatic carbocycles. The monoisotopic (exact) mass is 304 g/mol. The third-order valence-corrected chi connectivity index (χ3v) is 2.85. The molecule has 2 rings (SSSR count). The second-order valence-electron chi connectivity index (χ2n) is 4.40. The van der Waals surface area contributed by atoms with Gasteiger partial charge in [0.15, 0.2) is 6.61 Å². The second kappa shape index (κ2) is 6.04. The molecule has 0 aromatic heterocycles. The van der Waals surface area contributed by atoms with Gasteiger partial charge in [-0.25, -0.2) is 4.79 Å². The van der Waals surface area contributed by atoms with Crippen molar-refractivity contribution in [2.45, 2.75) is 0 Å². The number of aromatic hydroxyl groups is 3. The Hall–Kier alpha value is -3.22. The van der Waals surface area contributed by atoms with Crippen LogP contribution in [0.15, 0.2) is 36.4 Å². The number of carboxylic acid groups (broad SMARTS) is 1. The lowest BCUT2D eigenvalue weighted by molar-refractivity contribution is 0.0693. The Kier molecular flexibility index (Phi) is 4.17. The van der Waals surface area contributed by atoms with Crippen molar-refractivity contribution in [2.75, 3.05) is 6.61 Å². The van der Waals surface area contributed by atoms with Gasteiger partial charge in [-0.15, -0.1) is 0 Å².